The second kappa shape index (κ2) is 4.15. The molecule has 0 unspecified atom stereocenters. The molecule has 0 amide bonds. The first-order valence-corrected chi connectivity index (χ1v) is 4.09. The van der Waals surface area contributed by atoms with E-state index in [0.29, 0.717) is 11.1 Å². The van der Waals surface area contributed by atoms with Crippen molar-refractivity contribution in [3.8, 4) is 0 Å². The summed E-state index contributed by atoms with van der Waals surface area (Å²) in [6.45, 7) is 1.89. The highest BCUT2D eigenvalue weighted by atomic mass is 28.2. The van der Waals surface area contributed by atoms with Crippen LogP contribution >= 0.6 is 0 Å². The molecule has 0 N–H and O–H groups in total. The molecule has 0 saturated carbocycles. The van der Waals surface area contributed by atoms with Crippen molar-refractivity contribution in [1.29, 1.82) is 0 Å². The van der Waals surface area contributed by atoms with E-state index in [2.05, 4.69) is 14.9 Å². The zero-order valence-electron chi connectivity index (χ0n) is 7.11. The van der Waals surface area contributed by atoms with Crippen LogP contribution in [0.5, 0.6) is 0 Å². The van der Waals surface area contributed by atoms with Crippen LogP contribution in [0.3, 0.4) is 0 Å². The van der Waals surface area contributed by atoms with Gasteiger partial charge < -0.3 is 4.43 Å². The molecule has 4 nitrogen and oxygen atoms in total. The molecule has 0 heterocycles. The van der Waals surface area contributed by atoms with Gasteiger partial charge in [0.2, 0.25) is 10.5 Å². The van der Waals surface area contributed by atoms with E-state index in [1.54, 1.807) is 25.1 Å². The molecule has 1 aromatic carbocycles. The first-order chi connectivity index (χ1) is 6.16. The van der Waals surface area contributed by atoms with Gasteiger partial charge in [-0.25, -0.2) is 0 Å². The molecule has 3 radical (unpaired) electrons. The summed E-state index contributed by atoms with van der Waals surface area (Å²) >= 11 is 0. The Hall–Kier alpha value is -1.20. The van der Waals surface area contributed by atoms with E-state index in [9.17, 15) is 10.1 Å². The molecule has 0 aromatic heterocycles. The minimum Gasteiger partial charge on any atom is -0.414 e. The molecule has 67 valence electrons. The fourth-order valence-corrected chi connectivity index (χ4v) is 1.33. The summed E-state index contributed by atoms with van der Waals surface area (Å²) in [5.41, 5.74) is 1.34. The fourth-order valence-electron chi connectivity index (χ4n) is 1.18. The van der Waals surface area contributed by atoms with E-state index >= 15 is 0 Å². The summed E-state index contributed by atoms with van der Waals surface area (Å²) in [5.74, 6) is 0. The number of nitro benzene ring substituents is 1. The lowest BCUT2D eigenvalue weighted by atomic mass is 10.1. The Morgan fingerprint density at radius 1 is 1.62 bits per heavy atom. The monoisotopic (exact) mass is 194 g/mol. The van der Waals surface area contributed by atoms with Crippen LogP contribution in [0.1, 0.15) is 11.1 Å². The summed E-state index contributed by atoms with van der Waals surface area (Å²) in [5, 5.41) is 10.7. The van der Waals surface area contributed by atoms with Crippen molar-refractivity contribution in [1.82, 2.24) is 0 Å². The summed E-state index contributed by atoms with van der Waals surface area (Å²) in [6.07, 6.45) is 0. The second-order valence-corrected chi connectivity index (χ2v) is 2.92. The fraction of sp³-hybridized carbons (Fsp3) is 0.250. The average Bonchev–Trinajstić information content (AvgIpc) is 2.04. The van der Waals surface area contributed by atoms with Gasteiger partial charge >= 0.3 is 0 Å². The minimum absolute atomic E-state index is 0.126. The van der Waals surface area contributed by atoms with Crippen molar-refractivity contribution >= 4 is 16.2 Å². The molecule has 0 aliphatic heterocycles. The molecule has 0 aliphatic carbocycles. The van der Waals surface area contributed by atoms with E-state index < -0.39 is 4.92 Å². The molecular formula is C8H8NO3Si. The maximum absolute atomic E-state index is 10.7. The van der Waals surface area contributed by atoms with Crippen molar-refractivity contribution in [3.05, 3.63) is 39.4 Å². The highest BCUT2D eigenvalue weighted by Gasteiger charge is 2.15. The number of aryl methyl sites for hydroxylation is 1. The Morgan fingerprint density at radius 2 is 2.31 bits per heavy atom. The first kappa shape index (κ1) is 9.88. The van der Waals surface area contributed by atoms with Gasteiger partial charge in [0.15, 0.2) is 0 Å². The smallest absolute Gasteiger partial charge is 0.277 e. The third-order valence-corrected chi connectivity index (χ3v) is 1.88. The number of hydrogen-bond acceptors (Lipinski definition) is 3. The molecule has 1 aromatic rings. The van der Waals surface area contributed by atoms with Crippen molar-refractivity contribution in [2.45, 2.75) is 13.5 Å². The Balaban J connectivity index is 3.17. The normalized spacial score (nSPS) is 10.0. The van der Waals surface area contributed by atoms with Gasteiger partial charge in [-0.2, -0.15) is 0 Å². The van der Waals surface area contributed by atoms with Gasteiger partial charge in [0.1, 0.15) is 0 Å². The number of para-hydroxylation sites is 1. The highest BCUT2D eigenvalue weighted by Crippen LogP contribution is 2.23. The Labute approximate surface area is 79.2 Å². The van der Waals surface area contributed by atoms with E-state index in [-0.39, 0.29) is 12.3 Å². The molecule has 13 heavy (non-hydrogen) atoms. The Bertz CT molecular complexity index is 327. The molecule has 0 atom stereocenters. The van der Waals surface area contributed by atoms with Gasteiger partial charge in [-0.15, -0.1) is 0 Å². The van der Waals surface area contributed by atoms with E-state index in [1.165, 1.54) is 0 Å². The zero-order chi connectivity index (χ0) is 9.84. The number of nitro groups is 1. The standard InChI is InChI=1S/C8H8NO3Si/c1-6-3-2-4-7(5-12-13)8(6)9(10)11/h2-4H,5H2,1H3. The molecule has 0 spiro atoms. The third-order valence-electron chi connectivity index (χ3n) is 1.73. The molecule has 0 fully saturated rings. The minimum atomic E-state index is -0.393. The van der Waals surface area contributed by atoms with Gasteiger partial charge in [-0.3, -0.25) is 10.1 Å². The van der Waals surface area contributed by atoms with E-state index in [0.717, 1.165) is 0 Å². The maximum atomic E-state index is 10.7. The summed E-state index contributed by atoms with van der Waals surface area (Å²) in [6, 6.07) is 5.14. The van der Waals surface area contributed by atoms with E-state index in [4.69, 9.17) is 0 Å². The van der Waals surface area contributed by atoms with E-state index in [1.807, 2.05) is 0 Å². The van der Waals surface area contributed by atoms with Gasteiger partial charge in [0.25, 0.3) is 5.69 Å². The van der Waals surface area contributed by atoms with Crippen molar-refractivity contribution in [2.24, 2.45) is 0 Å². The molecule has 5 heteroatoms. The van der Waals surface area contributed by atoms with Crippen LogP contribution in [-0.4, -0.2) is 15.4 Å². The second-order valence-electron chi connectivity index (χ2n) is 2.63. The predicted molar refractivity (Wildman–Crippen MR) is 48.4 cm³/mol. The van der Waals surface area contributed by atoms with Crippen LogP contribution in [0.25, 0.3) is 0 Å². The number of nitrogens with zero attached hydrogens (tertiary/aromatic N) is 1. The Morgan fingerprint density at radius 3 is 2.85 bits per heavy atom. The van der Waals surface area contributed by atoms with Gasteiger partial charge in [0.05, 0.1) is 17.1 Å². The quantitative estimate of drug-likeness (QED) is 0.416. The average molecular weight is 194 g/mol. The molecule has 0 bridgehead atoms. The van der Waals surface area contributed by atoms with Crippen LogP contribution in [0.15, 0.2) is 18.2 Å². The van der Waals surface area contributed by atoms with Crippen molar-refractivity contribution < 1.29 is 9.35 Å². The summed E-state index contributed by atoms with van der Waals surface area (Å²) in [7, 11) is 2.82. The topological polar surface area (TPSA) is 52.4 Å². The SMILES string of the molecule is Cc1cccc(CO[Si])c1[N+](=O)[O-]. The maximum Gasteiger partial charge on any atom is 0.277 e. The highest BCUT2D eigenvalue weighted by molar-refractivity contribution is 5.97. The van der Waals surface area contributed by atoms with Crippen molar-refractivity contribution in [3.63, 3.8) is 0 Å². The summed E-state index contributed by atoms with van der Waals surface area (Å²) in [4.78, 5) is 10.3. The van der Waals surface area contributed by atoms with Crippen LogP contribution in [0.2, 0.25) is 0 Å². The lowest BCUT2D eigenvalue weighted by molar-refractivity contribution is -0.386. The molecule has 1 rings (SSSR count). The predicted octanol–water partition coefficient (Wildman–Crippen LogP) is 1.50. The van der Waals surface area contributed by atoms with Crippen LogP contribution in [-0.2, 0) is 11.0 Å². The Kier molecular flexibility index (Phi) is 3.16. The summed E-state index contributed by atoms with van der Waals surface area (Å²) < 4.78 is 4.67. The van der Waals surface area contributed by atoms with Gasteiger partial charge in [0, 0.05) is 5.56 Å². The third kappa shape index (κ3) is 2.13. The lowest BCUT2D eigenvalue weighted by Crippen LogP contribution is -1.99. The van der Waals surface area contributed by atoms with Crippen LogP contribution in [0, 0.1) is 17.0 Å². The molecule has 0 saturated heterocycles. The lowest BCUT2D eigenvalue weighted by Gasteiger charge is -2.03. The number of benzene rings is 1. The van der Waals surface area contributed by atoms with Crippen molar-refractivity contribution in [2.75, 3.05) is 0 Å². The largest absolute Gasteiger partial charge is 0.414 e. The zero-order valence-corrected chi connectivity index (χ0v) is 8.11. The van der Waals surface area contributed by atoms with Gasteiger partial charge in [-0.1, -0.05) is 12.1 Å². The van der Waals surface area contributed by atoms with Crippen LogP contribution < -0.4 is 0 Å². The number of hydrogen-bond donors (Lipinski definition) is 0. The van der Waals surface area contributed by atoms with Crippen LogP contribution in [0.4, 0.5) is 5.69 Å². The first-order valence-electron chi connectivity index (χ1n) is 3.68. The molecule has 0 aliphatic rings. The van der Waals surface area contributed by atoms with Gasteiger partial charge in [-0.05, 0) is 13.0 Å². The number of rotatable bonds is 3. The molecular weight excluding hydrogens is 186 g/mol.